The quantitative estimate of drug-likeness (QED) is 0.848. The molecule has 1 amide bonds. The summed E-state index contributed by atoms with van der Waals surface area (Å²) in [6.07, 6.45) is 1.05. The summed E-state index contributed by atoms with van der Waals surface area (Å²) < 4.78 is 0. The Morgan fingerprint density at radius 1 is 1.35 bits per heavy atom. The molecule has 1 aliphatic heterocycles. The molecule has 0 aliphatic carbocycles. The summed E-state index contributed by atoms with van der Waals surface area (Å²) in [6.45, 7) is 5.71. The summed E-state index contributed by atoms with van der Waals surface area (Å²) in [5.41, 5.74) is 5.29. The number of aromatic nitrogens is 1. The summed E-state index contributed by atoms with van der Waals surface area (Å²) in [7, 11) is 0. The molecule has 0 radical (unpaired) electrons. The summed E-state index contributed by atoms with van der Waals surface area (Å²) in [5.74, 6) is 0.606. The molecule has 1 saturated heterocycles. The maximum absolute atomic E-state index is 12.5. The van der Waals surface area contributed by atoms with E-state index in [2.05, 4.69) is 36.2 Å². The van der Waals surface area contributed by atoms with E-state index in [4.69, 9.17) is 0 Å². The van der Waals surface area contributed by atoms with Crippen molar-refractivity contribution in [2.24, 2.45) is 0 Å². The highest BCUT2D eigenvalue weighted by atomic mass is 32.1. The number of likely N-dealkylation sites (tertiary alicyclic amines) is 1. The number of nitrogens with zero attached hydrogens (tertiary/aromatic N) is 2. The Labute approximate surface area is 123 Å². The van der Waals surface area contributed by atoms with Crippen molar-refractivity contribution >= 4 is 17.2 Å². The number of thiazole rings is 1. The predicted molar refractivity (Wildman–Crippen MR) is 81.3 cm³/mol. The lowest BCUT2D eigenvalue weighted by molar-refractivity contribution is 0.0794. The first-order valence-corrected chi connectivity index (χ1v) is 7.79. The lowest BCUT2D eigenvalue weighted by Crippen LogP contribution is -2.28. The first-order valence-electron chi connectivity index (χ1n) is 6.91. The number of rotatable bonds is 2. The van der Waals surface area contributed by atoms with Gasteiger partial charge in [0, 0.05) is 19.0 Å². The zero-order valence-corrected chi connectivity index (χ0v) is 12.6. The largest absolute Gasteiger partial charge is 0.337 e. The maximum atomic E-state index is 12.5. The minimum Gasteiger partial charge on any atom is -0.337 e. The van der Waals surface area contributed by atoms with E-state index >= 15 is 0 Å². The van der Waals surface area contributed by atoms with Gasteiger partial charge in [0.1, 0.15) is 4.88 Å². The lowest BCUT2D eigenvalue weighted by Gasteiger charge is -2.17. The predicted octanol–water partition coefficient (Wildman–Crippen LogP) is 3.39. The third-order valence-corrected chi connectivity index (χ3v) is 4.96. The average Bonchev–Trinajstić information content (AvgIpc) is 3.07. The fraction of sp³-hybridized carbons (Fsp3) is 0.375. The van der Waals surface area contributed by atoms with Crippen LogP contribution in [0.5, 0.6) is 0 Å². The van der Waals surface area contributed by atoms with Crippen LogP contribution < -0.4 is 0 Å². The zero-order chi connectivity index (χ0) is 14.1. The standard InChI is InChI=1S/C16H18N2OS/c1-11-5-3-4-6-14(11)13-7-8-18(9-13)16(19)15-12(2)17-10-20-15/h3-6,10,13H,7-9H2,1-2H3/t13-/m0/s1. The number of benzene rings is 1. The smallest absolute Gasteiger partial charge is 0.265 e. The molecular weight excluding hydrogens is 268 g/mol. The number of carbonyl (C=O) groups is 1. The molecule has 1 atom stereocenters. The molecule has 0 spiro atoms. The first-order chi connectivity index (χ1) is 9.66. The second kappa shape index (κ2) is 5.37. The summed E-state index contributed by atoms with van der Waals surface area (Å²) >= 11 is 1.44. The van der Waals surface area contributed by atoms with Gasteiger partial charge < -0.3 is 4.90 Å². The fourth-order valence-corrected chi connectivity index (χ4v) is 3.66. The second-order valence-electron chi connectivity index (χ2n) is 5.36. The monoisotopic (exact) mass is 286 g/mol. The number of aryl methyl sites for hydroxylation is 2. The molecule has 2 heterocycles. The van der Waals surface area contributed by atoms with E-state index in [9.17, 15) is 4.79 Å². The second-order valence-corrected chi connectivity index (χ2v) is 6.22. The molecule has 0 bridgehead atoms. The molecule has 0 N–H and O–H groups in total. The van der Waals surface area contributed by atoms with Crippen molar-refractivity contribution in [2.75, 3.05) is 13.1 Å². The minimum atomic E-state index is 0.140. The number of carbonyl (C=O) groups excluding carboxylic acids is 1. The van der Waals surface area contributed by atoms with E-state index in [1.54, 1.807) is 5.51 Å². The van der Waals surface area contributed by atoms with Gasteiger partial charge in [0.2, 0.25) is 0 Å². The van der Waals surface area contributed by atoms with Crippen LogP contribution in [-0.4, -0.2) is 28.9 Å². The van der Waals surface area contributed by atoms with Crippen molar-refractivity contribution in [3.63, 3.8) is 0 Å². The lowest BCUT2D eigenvalue weighted by atomic mass is 9.94. The van der Waals surface area contributed by atoms with E-state index in [-0.39, 0.29) is 5.91 Å². The van der Waals surface area contributed by atoms with E-state index in [0.717, 1.165) is 30.1 Å². The average molecular weight is 286 g/mol. The van der Waals surface area contributed by atoms with Crippen LogP contribution >= 0.6 is 11.3 Å². The van der Waals surface area contributed by atoms with Crippen LogP contribution in [0, 0.1) is 13.8 Å². The summed E-state index contributed by atoms with van der Waals surface area (Å²) in [5, 5.41) is 0. The van der Waals surface area contributed by atoms with Crippen molar-refractivity contribution in [1.82, 2.24) is 9.88 Å². The molecule has 104 valence electrons. The van der Waals surface area contributed by atoms with Gasteiger partial charge in [-0.1, -0.05) is 24.3 Å². The van der Waals surface area contributed by atoms with Gasteiger partial charge in [0.25, 0.3) is 5.91 Å². The molecule has 0 saturated carbocycles. The Kier molecular flexibility index (Phi) is 3.57. The fourth-order valence-electron chi connectivity index (χ4n) is 2.89. The molecule has 20 heavy (non-hydrogen) atoms. The van der Waals surface area contributed by atoms with Crippen LogP contribution in [-0.2, 0) is 0 Å². The third kappa shape index (κ3) is 2.36. The highest BCUT2D eigenvalue weighted by molar-refractivity contribution is 7.11. The Bertz CT molecular complexity index is 635. The molecule has 1 fully saturated rings. The highest BCUT2D eigenvalue weighted by Crippen LogP contribution is 2.30. The van der Waals surface area contributed by atoms with E-state index in [1.165, 1.54) is 22.5 Å². The molecule has 3 nitrogen and oxygen atoms in total. The van der Waals surface area contributed by atoms with Crippen molar-refractivity contribution < 1.29 is 4.79 Å². The van der Waals surface area contributed by atoms with Crippen LogP contribution in [0.4, 0.5) is 0 Å². The van der Waals surface area contributed by atoms with Gasteiger partial charge in [-0.05, 0) is 31.4 Å². The highest BCUT2D eigenvalue weighted by Gasteiger charge is 2.29. The Morgan fingerprint density at radius 3 is 2.85 bits per heavy atom. The van der Waals surface area contributed by atoms with Crippen molar-refractivity contribution in [1.29, 1.82) is 0 Å². The van der Waals surface area contributed by atoms with Crippen LogP contribution in [0.25, 0.3) is 0 Å². The molecule has 2 aromatic rings. The van der Waals surface area contributed by atoms with Gasteiger partial charge in [-0.25, -0.2) is 4.98 Å². The van der Waals surface area contributed by atoms with Crippen LogP contribution in [0.15, 0.2) is 29.8 Å². The minimum absolute atomic E-state index is 0.140. The normalized spacial score (nSPS) is 18.5. The van der Waals surface area contributed by atoms with Crippen LogP contribution in [0.3, 0.4) is 0 Å². The Morgan fingerprint density at radius 2 is 2.15 bits per heavy atom. The SMILES string of the molecule is Cc1ccccc1[C@H]1CCN(C(=O)c2scnc2C)C1. The molecule has 3 rings (SSSR count). The number of hydrogen-bond acceptors (Lipinski definition) is 3. The number of amides is 1. The topological polar surface area (TPSA) is 33.2 Å². The first kappa shape index (κ1) is 13.3. The zero-order valence-electron chi connectivity index (χ0n) is 11.8. The molecular formula is C16H18N2OS. The van der Waals surface area contributed by atoms with Gasteiger partial charge in [0.15, 0.2) is 0 Å². The van der Waals surface area contributed by atoms with Gasteiger partial charge in [0.05, 0.1) is 11.2 Å². The van der Waals surface area contributed by atoms with E-state index < -0.39 is 0 Å². The molecule has 4 heteroatoms. The summed E-state index contributed by atoms with van der Waals surface area (Å²) in [4.78, 5) is 19.4. The van der Waals surface area contributed by atoms with E-state index in [0.29, 0.717) is 5.92 Å². The third-order valence-electron chi connectivity index (χ3n) is 4.04. The van der Waals surface area contributed by atoms with Gasteiger partial charge in [-0.2, -0.15) is 0 Å². The van der Waals surface area contributed by atoms with Gasteiger partial charge in [-0.3, -0.25) is 4.79 Å². The van der Waals surface area contributed by atoms with Gasteiger partial charge >= 0.3 is 0 Å². The Balaban J connectivity index is 1.76. The van der Waals surface area contributed by atoms with E-state index in [1.807, 2.05) is 11.8 Å². The molecule has 1 aromatic heterocycles. The van der Waals surface area contributed by atoms with Crippen LogP contribution in [0.1, 0.15) is 38.8 Å². The number of hydrogen-bond donors (Lipinski definition) is 0. The molecule has 1 aliphatic rings. The van der Waals surface area contributed by atoms with Gasteiger partial charge in [-0.15, -0.1) is 11.3 Å². The summed E-state index contributed by atoms with van der Waals surface area (Å²) in [6, 6.07) is 8.48. The molecule has 1 aromatic carbocycles. The van der Waals surface area contributed by atoms with Crippen molar-refractivity contribution in [3.05, 3.63) is 51.5 Å². The molecule has 0 unspecified atom stereocenters. The van der Waals surface area contributed by atoms with Crippen molar-refractivity contribution in [2.45, 2.75) is 26.2 Å². The van der Waals surface area contributed by atoms with Crippen molar-refractivity contribution in [3.8, 4) is 0 Å². The Hall–Kier alpha value is -1.68. The van der Waals surface area contributed by atoms with Crippen LogP contribution in [0.2, 0.25) is 0 Å². The maximum Gasteiger partial charge on any atom is 0.265 e.